The first-order chi connectivity index (χ1) is 16.7. The Kier molecular flexibility index (Phi) is 4.42. The predicted octanol–water partition coefficient (Wildman–Crippen LogP) is 5.15. The Morgan fingerprint density at radius 2 is 1.71 bits per heavy atom. The van der Waals surface area contributed by atoms with E-state index >= 15 is 0 Å². The number of pyridine rings is 1. The predicted molar refractivity (Wildman–Crippen MR) is 136 cm³/mol. The summed E-state index contributed by atoms with van der Waals surface area (Å²) in [6.07, 6.45) is 7.45. The van der Waals surface area contributed by atoms with Crippen LogP contribution < -0.4 is 5.73 Å². The molecule has 1 aliphatic heterocycles. The number of fused-ring (bicyclic) bond motifs is 2. The molecule has 0 radical (unpaired) electrons. The third-order valence-electron chi connectivity index (χ3n) is 7.53. The van der Waals surface area contributed by atoms with Gasteiger partial charge in [-0.25, -0.2) is 15.0 Å². The van der Waals surface area contributed by atoms with Crippen molar-refractivity contribution >= 4 is 22.2 Å². The van der Waals surface area contributed by atoms with Gasteiger partial charge >= 0.3 is 0 Å². The molecule has 6 heteroatoms. The first-order valence-electron chi connectivity index (χ1n) is 12.1. The van der Waals surface area contributed by atoms with Gasteiger partial charge in [-0.3, -0.25) is 4.40 Å². The summed E-state index contributed by atoms with van der Waals surface area (Å²) in [5.74, 6) is 2.07. The van der Waals surface area contributed by atoms with E-state index in [9.17, 15) is 0 Å². The summed E-state index contributed by atoms with van der Waals surface area (Å²) in [4.78, 5) is 17.1. The number of anilines is 1. The highest BCUT2D eigenvalue weighted by molar-refractivity contribution is 5.91. The Morgan fingerprint density at radius 3 is 2.50 bits per heavy atom. The van der Waals surface area contributed by atoms with Gasteiger partial charge < -0.3 is 10.6 Å². The number of likely N-dealkylation sites (tertiary alicyclic amines) is 1. The molecule has 0 unspecified atom stereocenters. The number of aromatic nitrogens is 4. The van der Waals surface area contributed by atoms with E-state index in [0.29, 0.717) is 17.8 Å². The zero-order chi connectivity index (χ0) is 22.6. The van der Waals surface area contributed by atoms with Crippen LogP contribution in [0, 0.1) is 0 Å². The van der Waals surface area contributed by atoms with Crippen LogP contribution in [-0.2, 0) is 0 Å². The molecule has 2 aromatic carbocycles. The fourth-order valence-corrected chi connectivity index (χ4v) is 5.41. The SMILES string of the molecule is Nc1nccn2c(C3CC(N4CCC4)C3)nc(-c3ccc4ccc(-c5ccccc5)nc4c3)c12. The highest BCUT2D eigenvalue weighted by Gasteiger charge is 2.39. The van der Waals surface area contributed by atoms with E-state index in [1.165, 1.54) is 32.4 Å². The molecule has 1 saturated carbocycles. The zero-order valence-corrected chi connectivity index (χ0v) is 18.9. The zero-order valence-electron chi connectivity index (χ0n) is 18.9. The maximum atomic E-state index is 6.39. The number of benzene rings is 2. The highest BCUT2D eigenvalue weighted by atomic mass is 15.2. The molecule has 0 bridgehead atoms. The summed E-state index contributed by atoms with van der Waals surface area (Å²) in [7, 11) is 0. The molecule has 0 amide bonds. The second-order valence-electron chi connectivity index (χ2n) is 9.53. The lowest BCUT2D eigenvalue weighted by atomic mass is 9.77. The van der Waals surface area contributed by atoms with E-state index in [4.69, 9.17) is 15.7 Å². The highest BCUT2D eigenvalue weighted by Crippen LogP contribution is 2.43. The summed E-state index contributed by atoms with van der Waals surface area (Å²) in [6.45, 7) is 2.49. The lowest BCUT2D eigenvalue weighted by molar-refractivity contribution is 0.0520. The van der Waals surface area contributed by atoms with Crippen molar-refractivity contribution in [1.82, 2.24) is 24.3 Å². The van der Waals surface area contributed by atoms with Gasteiger partial charge in [0, 0.05) is 40.9 Å². The second kappa shape index (κ2) is 7.64. The van der Waals surface area contributed by atoms with Gasteiger partial charge in [-0.2, -0.15) is 0 Å². The number of nitrogen functional groups attached to an aromatic ring is 1. The van der Waals surface area contributed by atoms with Crippen molar-refractivity contribution in [2.45, 2.75) is 31.2 Å². The van der Waals surface area contributed by atoms with Crippen molar-refractivity contribution in [3.63, 3.8) is 0 Å². The molecule has 0 spiro atoms. The van der Waals surface area contributed by atoms with E-state index < -0.39 is 0 Å². The molecule has 6 nitrogen and oxygen atoms in total. The Labute approximate surface area is 198 Å². The van der Waals surface area contributed by atoms with Gasteiger partial charge in [-0.1, -0.05) is 48.5 Å². The summed E-state index contributed by atoms with van der Waals surface area (Å²) in [5, 5.41) is 1.11. The van der Waals surface area contributed by atoms with E-state index in [-0.39, 0.29) is 0 Å². The van der Waals surface area contributed by atoms with E-state index in [1.54, 1.807) is 6.20 Å². The van der Waals surface area contributed by atoms with Gasteiger partial charge in [-0.05, 0) is 44.5 Å². The molecule has 2 fully saturated rings. The third kappa shape index (κ3) is 3.10. The van der Waals surface area contributed by atoms with Gasteiger partial charge in [-0.15, -0.1) is 0 Å². The monoisotopic (exact) mass is 446 g/mol. The van der Waals surface area contributed by atoms with Crippen LogP contribution in [-0.4, -0.2) is 43.4 Å². The molecule has 1 aliphatic carbocycles. The topological polar surface area (TPSA) is 72.3 Å². The first kappa shape index (κ1) is 19.7. The molecule has 3 aromatic heterocycles. The number of imidazole rings is 1. The quantitative estimate of drug-likeness (QED) is 0.414. The Hall–Kier alpha value is -3.77. The number of nitrogens with zero attached hydrogens (tertiary/aromatic N) is 5. The molecule has 168 valence electrons. The van der Waals surface area contributed by atoms with Gasteiger partial charge in [0.25, 0.3) is 0 Å². The minimum Gasteiger partial charge on any atom is -0.382 e. The van der Waals surface area contributed by atoms with Crippen LogP contribution >= 0.6 is 0 Å². The fraction of sp³-hybridized carbons (Fsp3) is 0.250. The normalized spacial score (nSPS) is 20.4. The average molecular weight is 447 g/mol. The Balaban J connectivity index is 1.31. The van der Waals surface area contributed by atoms with Crippen molar-refractivity contribution in [3.8, 4) is 22.5 Å². The van der Waals surface area contributed by atoms with E-state index in [2.05, 4.69) is 56.7 Å². The lowest BCUT2D eigenvalue weighted by Gasteiger charge is -2.46. The molecule has 0 atom stereocenters. The third-order valence-corrected chi connectivity index (χ3v) is 7.53. The van der Waals surface area contributed by atoms with Crippen LogP contribution in [0.15, 0.2) is 73.1 Å². The fourth-order valence-electron chi connectivity index (χ4n) is 5.41. The van der Waals surface area contributed by atoms with E-state index in [0.717, 1.165) is 44.8 Å². The molecule has 5 aromatic rings. The summed E-state index contributed by atoms with van der Waals surface area (Å²) in [6, 6.07) is 21.6. The molecular weight excluding hydrogens is 420 g/mol. The number of rotatable bonds is 4. The first-order valence-corrected chi connectivity index (χ1v) is 12.1. The number of hydrogen-bond donors (Lipinski definition) is 1. The molecule has 2 N–H and O–H groups in total. The second-order valence-corrected chi connectivity index (χ2v) is 9.53. The van der Waals surface area contributed by atoms with Crippen LogP contribution in [0.25, 0.3) is 38.9 Å². The summed E-state index contributed by atoms with van der Waals surface area (Å²) >= 11 is 0. The minimum absolute atomic E-state index is 0.455. The number of nitrogens with two attached hydrogens (primary N) is 1. The van der Waals surface area contributed by atoms with Gasteiger partial charge in [0.05, 0.1) is 11.2 Å². The standard InChI is InChI=1S/C28H26N6/c29-27-26-25(32-28(34(26)14-11-30-27)21-15-22(16-21)33-12-4-13-33)20-8-7-19-9-10-23(31-24(19)17-20)18-5-2-1-3-6-18/h1-3,5-11,14,17,21-22H,4,12-13,15-16H2,(H2,29,30). The molecule has 2 aliphatic rings. The molecule has 34 heavy (non-hydrogen) atoms. The lowest BCUT2D eigenvalue weighted by Crippen LogP contribution is -2.50. The smallest absolute Gasteiger partial charge is 0.150 e. The van der Waals surface area contributed by atoms with Crippen molar-refractivity contribution in [2.75, 3.05) is 18.8 Å². The van der Waals surface area contributed by atoms with Gasteiger partial charge in [0.1, 0.15) is 22.9 Å². The molecule has 7 rings (SSSR count). The maximum Gasteiger partial charge on any atom is 0.150 e. The van der Waals surface area contributed by atoms with Crippen molar-refractivity contribution < 1.29 is 0 Å². The number of hydrogen-bond acceptors (Lipinski definition) is 5. The van der Waals surface area contributed by atoms with Crippen LogP contribution in [0.2, 0.25) is 0 Å². The van der Waals surface area contributed by atoms with Crippen molar-refractivity contribution in [1.29, 1.82) is 0 Å². The van der Waals surface area contributed by atoms with Crippen LogP contribution in [0.5, 0.6) is 0 Å². The van der Waals surface area contributed by atoms with Crippen LogP contribution in [0.4, 0.5) is 5.82 Å². The average Bonchev–Trinajstić information content (AvgIpc) is 3.20. The largest absolute Gasteiger partial charge is 0.382 e. The van der Waals surface area contributed by atoms with Crippen LogP contribution in [0.1, 0.15) is 31.0 Å². The maximum absolute atomic E-state index is 6.39. The summed E-state index contributed by atoms with van der Waals surface area (Å²) in [5.41, 5.74) is 12.2. The van der Waals surface area contributed by atoms with Gasteiger partial charge in [0.2, 0.25) is 0 Å². The van der Waals surface area contributed by atoms with E-state index in [1.807, 2.05) is 24.4 Å². The molecular formula is C28H26N6. The van der Waals surface area contributed by atoms with Crippen molar-refractivity contribution in [3.05, 3.63) is 78.9 Å². The van der Waals surface area contributed by atoms with Crippen molar-refractivity contribution in [2.24, 2.45) is 0 Å². The minimum atomic E-state index is 0.455. The van der Waals surface area contributed by atoms with Gasteiger partial charge in [0.15, 0.2) is 0 Å². The molecule has 4 heterocycles. The Morgan fingerprint density at radius 1 is 0.882 bits per heavy atom. The molecule has 1 saturated heterocycles. The Bertz CT molecular complexity index is 1510. The summed E-state index contributed by atoms with van der Waals surface area (Å²) < 4.78 is 2.16. The van der Waals surface area contributed by atoms with Crippen LogP contribution in [0.3, 0.4) is 0 Å².